The van der Waals surface area contributed by atoms with Gasteiger partial charge in [-0.15, -0.1) is 0 Å². The van der Waals surface area contributed by atoms with Crippen LogP contribution in [0.1, 0.15) is 24.8 Å². The number of nitrogens with one attached hydrogen (secondary N) is 2. The Morgan fingerprint density at radius 2 is 2.17 bits per heavy atom. The predicted octanol–water partition coefficient (Wildman–Crippen LogP) is 1.08. The number of rotatable bonds is 9. The Morgan fingerprint density at radius 1 is 1.31 bits per heavy atom. The van der Waals surface area contributed by atoms with Gasteiger partial charge in [0.25, 0.3) is 0 Å². The number of nitrogens with zero attached hydrogens (tertiary/aromatic N) is 4. The number of ether oxygens (including phenoxy) is 2. The van der Waals surface area contributed by atoms with Crippen LogP contribution in [-0.4, -0.2) is 88.6 Å². The lowest BCUT2D eigenvalue weighted by Gasteiger charge is -2.34. The van der Waals surface area contributed by atoms with Gasteiger partial charge in [0.05, 0.1) is 12.7 Å². The second-order valence-corrected chi connectivity index (χ2v) is 7.69. The summed E-state index contributed by atoms with van der Waals surface area (Å²) in [6.07, 6.45) is 5.39. The van der Waals surface area contributed by atoms with Crippen LogP contribution in [0.15, 0.2) is 23.3 Å². The second-order valence-electron chi connectivity index (χ2n) is 7.69. The van der Waals surface area contributed by atoms with Gasteiger partial charge in [-0.25, -0.2) is 4.98 Å². The van der Waals surface area contributed by atoms with Crippen molar-refractivity contribution in [2.24, 2.45) is 4.99 Å². The number of pyridine rings is 1. The summed E-state index contributed by atoms with van der Waals surface area (Å²) in [4.78, 5) is 13.7. The van der Waals surface area contributed by atoms with Crippen molar-refractivity contribution in [1.82, 2.24) is 20.5 Å². The molecule has 29 heavy (non-hydrogen) atoms. The fourth-order valence-corrected chi connectivity index (χ4v) is 3.64. The molecular weight excluding hydrogens is 368 g/mol. The molecular formula is C21H36N6O2. The van der Waals surface area contributed by atoms with Gasteiger partial charge in [-0.3, -0.25) is 4.99 Å². The number of hydrogen-bond acceptors (Lipinski definition) is 6. The van der Waals surface area contributed by atoms with Crippen LogP contribution in [-0.2, 0) is 16.0 Å². The van der Waals surface area contributed by atoms with Crippen LogP contribution in [0.2, 0.25) is 0 Å². The summed E-state index contributed by atoms with van der Waals surface area (Å²) in [5.41, 5.74) is 1.19. The largest absolute Gasteiger partial charge is 0.379 e. The minimum absolute atomic E-state index is 0.298. The van der Waals surface area contributed by atoms with Crippen molar-refractivity contribution in [3.63, 3.8) is 0 Å². The first kappa shape index (κ1) is 21.8. The molecule has 0 spiro atoms. The van der Waals surface area contributed by atoms with E-state index in [1.807, 2.05) is 12.3 Å². The summed E-state index contributed by atoms with van der Waals surface area (Å²) >= 11 is 0. The van der Waals surface area contributed by atoms with Crippen molar-refractivity contribution in [1.29, 1.82) is 0 Å². The summed E-state index contributed by atoms with van der Waals surface area (Å²) in [5, 5.41) is 6.77. The van der Waals surface area contributed by atoms with Gasteiger partial charge in [0.15, 0.2) is 5.96 Å². The third kappa shape index (κ3) is 7.13. The van der Waals surface area contributed by atoms with Gasteiger partial charge >= 0.3 is 0 Å². The molecule has 3 heterocycles. The van der Waals surface area contributed by atoms with Crippen molar-refractivity contribution in [2.75, 3.05) is 71.5 Å². The first-order chi connectivity index (χ1) is 14.3. The standard InChI is InChI=1S/C21H36N6O2/c1-22-21(24-9-5-14-28-17-19-7-4-15-29-19)25-16-18-6-3-8-23-20(18)27-12-10-26(2)11-13-27/h3,6,8,19H,4-5,7,9-17H2,1-2H3,(H2,22,24,25). The van der Waals surface area contributed by atoms with Crippen LogP contribution in [0, 0.1) is 0 Å². The fraction of sp³-hybridized carbons (Fsp3) is 0.714. The van der Waals surface area contributed by atoms with E-state index in [-0.39, 0.29) is 0 Å². The zero-order chi connectivity index (χ0) is 20.3. The summed E-state index contributed by atoms with van der Waals surface area (Å²) in [5.74, 6) is 1.88. The van der Waals surface area contributed by atoms with Crippen LogP contribution in [0.4, 0.5) is 5.82 Å². The zero-order valence-electron chi connectivity index (χ0n) is 17.9. The van der Waals surface area contributed by atoms with Crippen LogP contribution >= 0.6 is 0 Å². The molecule has 0 saturated carbocycles. The minimum Gasteiger partial charge on any atom is -0.379 e. The number of hydrogen-bond donors (Lipinski definition) is 2. The quantitative estimate of drug-likeness (QED) is 0.362. The average molecular weight is 405 g/mol. The lowest BCUT2D eigenvalue weighted by molar-refractivity contribution is 0.0168. The van der Waals surface area contributed by atoms with E-state index in [9.17, 15) is 0 Å². The van der Waals surface area contributed by atoms with Crippen molar-refractivity contribution < 1.29 is 9.47 Å². The first-order valence-corrected chi connectivity index (χ1v) is 10.8. The predicted molar refractivity (Wildman–Crippen MR) is 117 cm³/mol. The van der Waals surface area contributed by atoms with Gasteiger partial charge in [0, 0.05) is 71.3 Å². The number of aliphatic imine (C=N–C) groups is 1. The molecule has 3 rings (SSSR count). The first-order valence-electron chi connectivity index (χ1n) is 10.8. The van der Waals surface area contributed by atoms with Crippen LogP contribution in [0.25, 0.3) is 0 Å². The highest BCUT2D eigenvalue weighted by atomic mass is 16.5. The molecule has 0 bridgehead atoms. The molecule has 2 aliphatic heterocycles. The van der Waals surface area contributed by atoms with Crippen molar-refractivity contribution in [3.05, 3.63) is 23.9 Å². The van der Waals surface area contributed by atoms with Gasteiger partial charge in [-0.2, -0.15) is 0 Å². The van der Waals surface area contributed by atoms with Crippen molar-refractivity contribution in [2.45, 2.75) is 31.9 Å². The smallest absolute Gasteiger partial charge is 0.191 e. The van der Waals surface area contributed by atoms with E-state index in [4.69, 9.17) is 9.47 Å². The van der Waals surface area contributed by atoms with Crippen LogP contribution < -0.4 is 15.5 Å². The number of aromatic nitrogens is 1. The van der Waals surface area contributed by atoms with E-state index in [0.29, 0.717) is 19.3 Å². The molecule has 1 atom stereocenters. The highest BCUT2D eigenvalue weighted by Gasteiger charge is 2.18. The molecule has 1 aromatic rings. The Balaban J connectivity index is 1.37. The molecule has 2 aliphatic rings. The lowest BCUT2D eigenvalue weighted by Crippen LogP contribution is -2.45. The van der Waals surface area contributed by atoms with Crippen molar-refractivity contribution >= 4 is 11.8 Å². The van der Waals surface area contributed by atoms with Crippen LogP contribution in [0.3, 0.4) is 0 Å². The van der Waals surface area contributed by atoms with E-state index in [1.165, 1.54) is 5.56 Å². The highest BCUT2D eigenvalue weighted by Crippen LogP contribution is 2.18. The van der Waals surface area contributed by atoms with Crippen LogP contribution in [0.5, 0.6) is 0 Å². The number of anilines is 1. The maximum Gasteiger partial charge on any atom is 0.191 e. The van der Waals surface area contributed by atoms with E-state index >= 15 is 0 Å². The Hall–Kier alpha value is -1.90. The van der Waals surface area contributed by atoms with Gasteiger partial charge in [-0.05, 0) is 32.4 Å². The Bertz CT molecular complexity index is 627. The molecule has 0 amide bonds. The second kappa shape index (κ2) is 11.9. The molecule has 0 aromatic carbocycles. The van der Waals surface area contributed by atoms with Gasteiger partial charge in [-0.1, -0.05) is 6.07 Å². The molecule has 0 aliphatic carbocycles. The molecule has 1 unspecified atom stereocenters. The maximum absolute atomic E-state index is 5.71. The normalized spacial score (nSPS) is 20.8. The molecule has 2 N–H and O–H groups in total. The maximum atomic E-state index is 5.71. The molecule has 2 fully saturated rings. The van der Waals surface area contributed by atoms with Crippen molar-refractivity contribution in [3.8, 4) is 0 Å². The van der Waals surface area contributed by atoms with Gasteiger partial charge in [0.2, 0.25) is 0 Å². The summed E-state index contributed by atoms with van der Waals surface area (Å²) in [7, 11) is 3.97. The third-order valence-corrected chi connectivity index (χ3v) is 5.43. The molecule has 1 aromatic heterocycles. The van der Waals surface area contributed by atoms with Gasteiger partial charge < -0.3 is 29.9 Å². The number of piperazine rings is 1. The Morgan fingerprint density at radius 3 is 2.93 bits per heavy atom. The molecule has 162 valence electrons. The monoisotopic (exact) mass is 404 g/mol. The van der Waals surface area contributed by atoms with Gasteiger partial charge in [0.1, 0.15) is 5.82 Å². The SMILES string of the molecule is CN=C(NCCCOCC1CCCO1)NCc1cccnc1N1CCN(C)CC1. The highest BCUT2D eigenvalue weighted by molar-refractivity contribution is 5.79. The van der Waals surface area contributed by atoms with E-state index in [1.54, 1.807) is 7.05 Å². The number of likely N-dealkylation sites (N-methyl/N-ethyl adjacent to an activating group) is 1. The Labute approximate surface area is 174 Å². The summed E-state index contributed by atoms with van der Waals surface area (Å²) in [6, 6.07) is 4.14. The average Bonchev–Trinajstić information content (AvgIpc) is 3.27. The lowest BCUT2D eigenvalue weighted by atomic mass is 10.2. The topological polar surface area (TPSA) is 74.2 Å². The Kier molecular flexibility index (Phi) is 8.98. The fourth-order valence-electron chi connectivity index (χ4n) is 3.64. The molecule has 0 radical (unpaired) electrons. The minimum atomic E-state index is 0.298. The third-order valence-electron chi connectivity index (χ3n) is 5.43. The van der Waals surface area contributed by atoms with E-state index in [2.05, 4.69) is 43.5 Å². The zero-order valence-corrected chi connectivity index (χ0v) is 17.9. The molecule has 8 heteroatoms. The molecule has 8 nitrogen and oxygen atoms in total. The summed E-state index contributed by atoms with van der Waals surface area (Å²) in [6.45, 7) is 8.02. The van der Waals surface area contributed by atoms with E-state index in [0.717, 1.165) is 77.0 Å². The summed E-state index contributed by atoms with van der Waals surface area (Å²) < 4.78 is 11.3. The number of guanidine groups is 1. The van der Waals surface area contributed by atoms with E-state index < -0.39 is 0 Å². The molecule has 2 saturated heterocycles.